The number of aryl methyl sites for hydroxylation is 1. The van der Waals surface area contributed by atoms with Gasteiger partial charge in [0.1, 0.15) is 6.04 Å². The van der Waals surface area contributed by atoms with Crippen molar-refractivity contribution in [1.29, 1.82) is 0 Å². The predicted octanol–water partition coefficient (Wildman–Crippen LogP) is 4.78. The Kier molecular flexibility index (Phi) is 7.01. The molecule has 1 unspecified atom stereocenters. The van der Waals surface area contributed by atoms with Crippen LogP contribution in [0.2, 0.25) is 0 Å². The van der Waals surface area contributed by atoms with Gasteiger partial charge < -0.3 is 10.6 Å². The molecule has 0 aliphatic rings. The zero-order valence-electron chi connectivity index (χ0n) is 17.6. The lowest BCUT2D eigenvalue weighted by molar-refractivity contribution is -0.119. The Hall–Kier alpha value is -3.41. The molecular formula is C24H28N4O2. The summed E-state index contributed by atoms with van der Waals surface area (Å²) in [5, 5.41) is 9.86. The lowest BCUT2D eigenvalue weighted by Gasteiger charge is -2.13. The molecule has 2 N–H and O–H groups in total. The molecule has 2 aromatic carbocycles. The van der Waals surface area contributed by atoms with Crippen molar-refractivity contribution in [2.75, 3.05) is 10.6 Å². The van der Waals surface area contributed by atoms with Crippen LogP contribution in [0.4, 0.5) is 11.4 Å². The SMILES string of the molecule is CC(C)c1ccc(CCC(=O)Nc2cccc(NC(=O)C(C)n3cccn3)c2)cc1. The smallest absolute Gasteiger partial charge is 0.248 e. The molecule has 0 bridgehead atoms. The van der Waals surface area contributed by atoms with Crippen molar-refractivity contribution in [2.24, 2.45) is 0 Å². The Morgan fingerprint density at radius 2 is 1.67 bits per heavy atom. The van der Waals surface area contributed by atoms with E-state index in [9.17, 15) is 9.59 Å². The number of rotatable bonds is 8. The van der Waals surface area contributed by atoms with Gasteiger partial charge in [-0.1, -0.05) is 44.2 Å². The summed E-state index contributed by atoms with van der Waals surface area (Å²) in [7, 11) is 0. The third-order valence-electron chi connectivity index (χ3n) is 5.00. The first-order chi connectivity index (χ1) is 14.4. The maximum Gasteiger partial charge on any atom is 0.248 e. The quantitative estimate of drug-likeness (QED) is 0.567. The molecule has 2 amide bonds. The Bertz CT molecular complexity index is 979. The monoisotopic (exact) mass is 404 g/mol. The zero-order chi connectivity index (χ0) is 21.5. The number of benzene rings is 2. The summed E-state index contributed by atoms with van der Waals surface area (Å²) in [5.41, 5.74) is 3.72. The number of carbonyl (C=O) groups excluding carboxylic acids is 2. The second-order valence-corrected chi connectivity index (χ2v) is 7.68. The van der Waals surface area contributed by atoms with Crippen LogP contribution in [-0.2, 0) is 16.0 Å². The topological polar surface area (TPSA) is 76.0 Å². The number of nitrogens with zero attached hydrogens (tertiary/aromatic N) is 2. The van der Waals surface area contributed by atoms with E-state index in [-0.39, 0.29) is 11.8 Å². The molecule has 0 spiro atoms. The second-order valence-electron chi connectivity index (χ2n) is 7.68. The Morgan fingerprint density at radius 1 is 0.967 bits per heavy atom. The fourth-order valence-electron chi connectivity index (χ4n) is 3.10. The zero-order valence-corrected chi connectivity index (χ0v) is 17.6. The average Bonchev–Trinajstić information content (AvgIpc) is 3.27. The first kappa shape index (κ1) is 21.3. The van der Waals surface area contributed by atoms with Gasteiger partial charge in [-0.15, -0.1) is 0 Å². The molecule has 3 aromatic rings. The van der Waals surface area contributed by atoms with Gasteiger partial charge in [-0.3, -0.25) is 14.3 Å². The third-order valence-corrected chi connectivity index (χ3v) is 5.00. The van der Waals surface area contributed by atoms with Crippen LogP contribution in [0.25, 0.3) is 0 Å². The number of nitrogens with one attached hydrogen (secondary N) is 2. The first-order valence-electron chi connectivity index (χ1n) is 10.2. The van der Waals surface area contributed by atoms with Gasteiger partial charge in [-0.25, -0.2) is 0 Å². The molecule has 3 rings (SSSR count). The second kappa shape index (κ2) is 9.87. The van der Waals surface area contributed by atoms with E-state index in [0.29, 0.717) is 30.1 Å². The third kappa shape index (κ3) is 5.80. The lowest BCUT2D eigenvalue weighted by atomic mass is 10.0. The molecule has 0 fully saturated rings. The number of anilines is 2. The molecule has 6 nitrogen and oxygen atoms in total. The number of hydrogen-bond donors (Lipinski definition) is 2. The normalized spacial score (nSPS) is 11.9. The van der Waals surface area contributed by atoms with Crippen molar-refractivity contribution in [2.45, 2.75) is 45.6 Å². The molecule has 156 valence electrons. The van der Waals surface area contributed by atoms with Crippen molar-refractivity contribution >= 4 is 23.2 Å². The van der Waals surface area contributed by atoms with Crippen molar-refractivity contribution in [3.05, 3.63) is 78.1 Å². The number of aromatic nitrogens is 2. The van der Waals surface area contributed by atoms with Gasteiger partial charge in [-0.2, -0.15) is 5.10 Å². The van der Waals surface area contributed by atoms with Crippen LogP contribution in [-0.4, -0.2) is 21.6 Å². The summed E-state index contributed by atoms with van der Waals surface area (Å²) in [6.07, 6.45) is 4.46. The summed E-state index contributed by atoms with van der Waals surface area (Å²) in [4.78, 5) is 24.8. The molecule has 6 heteroatoms. The fourth-order valence-corrected chi connectivity index (χ4v) is 3.10. The first-order valence-corrected chi connectivity index (χ1v) is 10.2. The van der Waals surface area contributed by atoms with Crippen LogP contribution in [0.3, 0.4) is 0 Å². The van der Waals surface area contributed by atoms with E-state index in [0.717, 1.165) is 5.56 Å². The van der Waals surface area contributed by atoms with Gasteiger partial charge >= 0.3 is 0 Å². The van der Waals surface area contributed by atoms with Crippen molar-refractivity contribution in [1.82, 2.24) is 9.78 Å². The molecule has 1 heterocycles. The van der Waals surface area contributed by atoms with Crippen LogP contribution >= 0.6 is 0 Å². The minimum atomic E-state index is -0.430. The van der Waals surface area contributed by atoms with Crippen LogP contribution in [0.5, 0.6) is 0 Å². The van der Waals surface area contributed by atoms with Gasteiger partial charge in [0.25, 0.3) is 0 Å². The molecule has 0 aliphatic carbocycles. The van der Waals surface area contributed by atoms with Crippen molar-refractivity contribution in [3.63, 3.8) is 0 Å². The average molecular weight is 405 g/mol. The van der Waals surface area contributed by atoms with E-state index in [4.69, 9.17) is 0 Å². The van der Waals surface area contributed by atoms with Gasteiger partial charge in [0.05, 0.1) is 0 Å². The van der Waals surface area contributed by atoms with Crippen molar-refractivity contribution < 1.29 is 9.59 Å². The summed E-state index contributed by atoms with van der Waals surface area (Å²) in [6.45, 7) is 6.11. The summed E-state index contributed by atoms with van der Waals surface area (Å²) < 4.78 is 1.59. The molecule has 1 atom stereocenters. The Labute approximate surface area is 177 Å². The molecule has 1 aromatic heterocycles. The van der Waals surface area contributed by atoms with E-state index in [2.05, 4.69) is 53.8 Å². The highest BCUT2D eigenvalue weighted by atomic mass is 16.2. The number of amides is 2. The summed E-state index contributed by atoms with van der Waals surface area (Å²) >= 11 is 0. The van der Waals surface area contributed by atoms with E-state index < -0.39 is 6.04 Å². The maximum atomic E-state index is 12.4. The fraction of sp³-hybridized carbons (Fsp3) is 0.292. The number of carbonyl (C=O) groups is 2. The van der Waals surface area contributed by atoms with E-state index in [1.165, 1.54) is 5.56 Å². The van der Waals surface area contributed by atoms with E-state index in [1.54, 1.807) is 48.3 Å². The van der Waals surface area contributed by atoms with Gasteiger partial charge in [0.2, 0.25) is 11.8 Å². The minimum Gasteiger partial charge on any atom is -0.326 e. The van der Waals surface area contributed by atoms with E-state index >= 15 is 0 Å². The summed E-state index contributed by atoms with van der Waals surface area (Å²) in [6, 6.07) is 16.9. The van der Waals surface area contributed by atoms with Crippen molar-refractivity contribution in [3.8, 4) is 0 Å². The largest absolute Gasteiger partial charge is 0.326 e. The highest BCUT2D eigenvalue weighted by Crippen LogP contribution is 2.18. The molecule has 30 heavy (non-hydrogen) atoms. The minimum absolute atomic E-state index is 0.0590. The molecule has 0 saturated heterocycles. The Morgan fingerprint density at radius 3 is 2.30 bits per heavy atom. The van der Waals surface area contributed by atoms with Gasteiger partial charge in [0, 0.05) is 30.2 Å². The highest BCUT2D eigenvalue weighted by Gasteiger charge is 2.15. The maximum absolute atomic E-state index is 12.4. The Balaban J connectivity index is 1.52. The van der Waals surface area contributed by atoms with E-state index in [1.807, 2.05) is 6.07 Å². The van der Waals surface area contributed by atoms with Crippen LogP contribution in [0, 0.1) is 0 Å². The van der Waals surface area contributed by atoms with Gasteiger partial charge in [0.15, 0.2) is 0 Å². The predicted molar refractivity (Wildman–Crippen MR) is 119 cm³/mol. The standard InChI is InChI=1S/C24H28N4O2/c1-17(2)20-11-8-19(9-12-20)10-13-23(29)26-21-6-4-7-22(16-21)27-24(30)18(3)28-15-5-14-25-28/h4-9,11-12,14-18H,10,13H2,1-3H3,(H,26,29)(H,27,30). The highest BCUT2D eigenvalue weighted by molar-refractivity contribution is 5.95. The molecule has 0 saturated carbocycles. The molecular weight excluding hydrogens is 376 g/mol. The van der Waals surface area contributed by atoms with Crippen LogP contribution in [0.1, 0.15) is 50.3 Å². The summed E-state index contributed by atoms with van der Waals surface area (Å²) in [5.74, 6) is 0.265. The van der Waals surface area contributed by atoms with Gasteiger partial charge in [-0.05, 0) is 54.7 Å². The number of hydrogen-bond acceptors (Lipinski definition) is 3. The van der Waals surface area contributed by atoms with Crippen LogP contribution < -0.4 is 10.6 Å². The molecule has 0 aliphatic heterocycles. The molecule has 0 radical (unpaired) electrons. The lowest BCUT2D eigenvalue weighted by Crippen LogP contribution is -2.24. The van der Waals surface area contributed by atoms with Crippen LogP contribution in [0.15, 0.2) is 67.0 Å².